The lowest BCUT2D eigenvalue weighted by Crippen LogP contribution is -2.11. The van der Waals surface area contributed by atoms with E-state index in [-0.39, 0.29) is 5.41 Å². The molecule has 0 saturated heterocycles. The number of fused-ring (bicyclic) bond motifs is 1. The zero-order valence-electron chi connectivity index (χ0n) is 21.9. The topological polar surface area (TPSA) is 38.7 Å². The monoisotopic (exact) mass is 491 g/mol. The fraction of sp³-hybridized carbons (Fsp3) is 0.114. The van der Waals surface area contributed by atoms with Crippen molar-refractivity contribution in [3.05, 3.63) is 128 Å². The molecule has 0 N–H and O–H groups in total. The second-order valence-corrected chi connectivity index (χ2v) is 10.7. The molecule has 3 aromatic heterocycles. The van der Waals surface area contributed by atoms with Gasteiger partial charge in [0.05, 0.1) is 5.69 Å². The molecule has 0 aliphatic carbocycles. The highest BCUT2D eigenvalue weighted by molar-refractivity contribution is 6.04. The maximum Gasteiger partial charge on any atom is 0.0705 e. The van der Waals surface area contributed by atoms with Gasteiger partial charge in [0, 0.05) is 53.1 Å². The summed E-state index contributed by atoms with van der Waals surface area (Å²) >= 11 is 0. The van der Waals surface area contributed by atoms with Gasteiger partial charge in [-0.05, 0) is 69.0 Å². The third-order valence-corrected chi connectivity index (χ3v) is 7.07. The highest BCUT2D eigenvalue weighted by Crippen LogP contribution is 2.37. The number of hydrogen-bond acceptors (Lipinski definition) is 3. The molecular formula is C35H29N3. The normalized spacial score (nSPS) is 11.6. The molecule has 0 bridgehead atoms. The SMILES string of the molecule is CC(C)(C)c1ccnc(-c2cccc(-c3ccc(-c4cncc(-c5ccccc5)c4)c4cnccc34)c2)c1. The van der Waals surface area contributed by atoms with E-state index < -0.39 is 0 Å². The Hall–Kier alpha value is -4.63. The molecule has 0 spiro atoms. The summed E-state index contributed by atoms with van der Waals surface area (Å²) in [5.41, 5.74) is 10.2. The van der Waals surface area contributed by atoms with Crippen molar-refractivity contribution in [1.29, 1.82) is 0 Å². The Labute approximate surface area is 223 Å². The molecule has 0 atom stereocenters. The van der Waals surface area contributed by atoms with Gasteiger partial charge in [0.1, 0.15) is 0 Å². The number of pyridine rings is 3. The molecule has 0 fully saturated rings. The van der Waals surface area contributed by atoms with Crippen molar-refractivity contribution in [3.8, 4) is 44.6 Å². The lowest BCUT2D eigenvalue weighted by atomic mass is 9.86. The van der Waals surface area contributed by atoms with E-state index in [1.165, 1.54) is 11.1 Å². The summed E-state index contributed by atoms with van der Waals surface area (Å²) in [5.74, 6) is 0. The van der Waals surface area contributed by atoms with Gasteiger partial charge in [-0.15, -0.1) is 0 Å². The number of rotatable bonds is 4. The zero-order valence-corrected chi connectivity index (χ0v) is 21.9. The van der Waals surface area contributed by atoms with E-state index in [0.29, 0.717) is 0 Å². The fourth-order valence-electron chi connectivity index (χ4n) is 4.97. The Balaban J connectivity index is 1.45. The largest absolute Gasteiger partial charge is 0.264 e. The van der Waals surface area contributed by atoms with Crippen LogP contribution in [0.15, 0.2) is 122 Å². The number of aromatic nitrogens is 3. The first-order valence-electron chi connectivity index (χ1n) is 12.9. The lowest BCUT2D eigenvalue weighted by molar-refractivity contribution is 0.589. The van der Waals surface area contributed by atoms with Crippen LogP contribution in [0.5, 0.6) is 0 Å². The summed E-state index contributed by atoms with van der Waals surface area (Å²) in [5, 5.41) is 2.27. The molecule has 0 unspecified atom stereocenters. The predicted molar refractivity (Wildman–Crippen MR) is 158 cm³/mol. The minimum Gasteiger partial charge on any atom is -0.264 e. The third kappa shape index (κ3) is 4.59. The summed E-state index contributed by atoms with van der Waals surface area (Å²) in [6.07, 6.45) is 9.59. The van der Waals surface area contributed by atoms with Gasteiger partial charge >= 0.3 is 0 Å². The van der Waals surface area contributed by atoms with Crippen LogP contribution in [0.4, 0.5) is 0 Å². The smallest absolute Gasteiger partial charge is 0.0705 e. The minimum absolute atomic E-state index is 0.0704. The number of nitrogens with zero attached hydrogens (tertiary/aromatic N) is 3. The molecule has 184 valence electrons. The molecule has 3 heteroatoms. The molecular weight excluding hydrogens is 462 g/mol. The first kappa shape index (κ1) is 23.7. The molecule has 6 rings (SSSR count). The second-order valence-electron chi connectivity index (χ2n) is 10.7. The average molecular weight is 492 g/mol. The maximum atomic E-state index is 4.69. The van der Waals surface area contributed by atoms with Crippen molar-refractivity contribution < 1.29 is 0 Å². The third-order valence-electron chi connectivity index (χ3n) is 7.07. The van der Waals surface area contributed by atoms with Crippen LogP contribution >= 0.6 is 0 Å². The van der Waals surface area contributed by atoms with E-state index in [0.717, 1.165) is 49.8 Å². The minimum atomic E-state index is 0.0704. The summed E-state index contributed by atoms with van der Waals surface area (Å²) in [6, 6.07) is 32.1. The van der Waals surface area contributed by atoms with E-state index >= 15 is 0 Å². The quantitative estimate of drug-likeness (QED) is 0.247. The van der Waals surface area contributed by atoms with Crippen LogP contribution in [0.1, 0.15) is 26.3 Å². The van der Waals surface area contributed by atoms with Crippen molar-refractivity contribution in [3.63, 3.8) is 0 Å². The summed E-state index contributed by atoms with van der Waals surface area (Å²) in [6.45, 7) is 6.69. The first-order valence-corrected chi connectivity index (χ1v) is 12.9. The molecule has 0 radical (unpaired) electrons. The van der Waals surface area contributed by atoms with Gasteiger partial charge in [-0.1, -0.05) is 81.4 Å². The molecule has 0 aliphatic heterocycles. The van der Waals surface area contributed by atoms with Gasteiger partial charge in [0.2, 0.25) is 0 Å². The molecule has 0 amide bonds. The van der Waals surface area contributed by atoms with Gasteiger partial charge in [-0.25, -0.2) is 0 Å². The van der Waals surface area contributed by atoms with E-state index in [1.54, 1.807) is 0 Å². The van der Waals surface area contributed by atoms with Gasteiger partial charge in [-0.2, -0.15) is 0 Å². The lowest BCUT2D eigenvalue weighted by Gasteiger charge is -2.19. The van der Waals surface area contributed by atoms with Crippen LogP contribution < -0.4 is 0 Å². The molecule has 6 aromatic rings. The average Bonchev–Trinajstić information content (AvgIpc) is 2.97. The fourth-order valence-corrected chi connectivity index (χ4v) is 4.97. The first-order chi connectivity index (χ1) is 18.5. The van der Waals surface area contributed by atoms with Gasteiger partial charge in [0.25, 0.3) is 0 Å². The van der Waals surface area contributed by atoms with Crippen LogP contribution in [-0.2, 0) is 5.41 Å². The number of hydrogen-bond donors (Lipinski definition) is 0. The van der Waals surface area contributed by atoms with Crippen molar-refractivity contribution in [1.82, 2.24) is 15.0 Å². The second kappa shape index (κ2) is 9.68. The Morgan fingerprint density at radius 3 is 2.03 bits per heavy atom. The molecule has 3 aromatic carbocycles. The zero-order chi connectivity index (χ0) is 26.1. The molecule has 0 aliphatic rings. The van der Waals surface area contributed by atoms with Crippen molar-refractivity contribution in [2.75, 3.05) is 0 Å². The molecule has 38 heavy (non-hydrogen) atoms. The van der Waals surface area contributed by atoms with E-state index in [2.05, 4.69) is 116 Å². The van der Waals surface area contributed by atoms with Crippen molar-refractivity contribution >= 4 is 10.8 Å². The Bertz CT molecular complexity index is 1750. The van der Waals surface area contributed by atoms with Crippen LogP contribution in [0.3, 0.4) is 0 Å². The Morgan fingerprint density at radius 2 is 1.21 bits per heavy atom. The van der Waals surface area contributed by atoms with Crippen LogP contribution in [0, 0.1) is 0 Å². The molecule has 3 nitrogen and oxygen atoms in total. The van der Waals surface area contributed by atoms with E-state index in [9.17, 15) is 0 Å². The maximum absolute atomic E-state index is 4.69. The van der Waals surface area contributed by atoms with Gasteiger partial charge in [-0.3, -0.25) is 15.0 Å². The highest BCUT2D eigenvalue weighted by Gasteiger charge is 2.16. The van der Waals surface area contributed by atoms with Gasteiger partial charge in [0.15, 0.2) is 0 Å². The van der Waals surface area contributed by atoms with Crippen LogP contribution in [0.25, 0.3) is 55.4 Å². The van der Waals surface area contributed by atoms with Crippen molar-refractivity contribution in [2.24, 2.45) is 0 Å². The van der Waals surface area contributed by atoms with E-state index in [1.807, 2.05) is 37.1 Å². The molecule has 0 saturated carbocycles. The van der Waals surface area contributed by atoms with Crippen LogP contribution in [0.2, 0.25) is 0 Å². The highest BCUT2D eigenvalue weighted by atomic mass is 14.7. The molecule has 3 heterocycles. The summed E-state index contributed by atoms with van der Waals surface area (Å²) < 4.78 is 0. The van der Waals surface area contributed by atoms with Crippen LogP contribution in [-0.4, -0.2) is 15.0 Å². The van der Waals surface area contributed by atoms with Gasteiger partial charge < -0.3 is 0 Å². The van der Waals surface area contributed by atoms with Crippen molar-refractivity contribution in [2.45, 2.75) is 26.2 Å². The van der Waals surface area contributed by atoms with E-state index in [4.69, 9.17) is 4.98 Å². The Morgan fingerprint density at radius 1 is 0.500 bits per heavy atom. The summed E-state index contributed by atoms with van der Waals surface area (Å²) in [7, 11) is 0. The summed E-state index contributed by atoms with van der Waals surface area (Å²) in [4.78, 5) is 13.7. The predicted octanol–water partition coefficient (Wildman–Crippen LogP) is 8.99. The Kier molecular flexibility index (Phi) is 6.05. The number of benzene rings is 3. The standard InChI is InChI=1S/C35H29N3/c1-35(2,3)29-14-17-38-34(20-29)26-11-7-10-25(18-26)30-12-13-31(33-23-36-16-15-32(30)33)28-19-27(21-37-22-28)24-8-5-4-6-9-24/h4-23H,1-3H3.